The summed E-state index contributed by atoms with van der Waals surface area (Å²) in [5, 5.41) is 3.04. The van der Waals surface area contributed by atoms with Gasteiger partial charge in [0.15, 0.2) is 11.6 Å². The Morgan fingerprint density at radius 3 is 2.61 bits per heavy atom. The maximum atomic E-state index is 13.3. The Kier molecular flexibility index (Phi) is 6.39. The van der Waals surface area contributed by atoms with Gasteiger partial charge in [0.1, 0.15) is 0 Å². The van der Waals surface area contributed by atoms with Crippen molar-refractivity contribution in [1.82, 2.24) is 0 Å². The van der Waals surface area contributed by atoms with E-state index in [2.05, 4.69) is 17.0 Å². The molecule has 0 aliphatic carbocycles. The summed E-state index contributed by atoms with van der Waals surface area (Å²) in [5.41, 5.74) is 0.575. The topological polar surface area (TPSA) is 21.3 Å². The second-order valence-electron chi connectivity index (χ2n) is 4.01. The van der Waals surface area contributed by atoms with E-state index in [9.17, 15) is 13.2 Å². The molecule has 0 saturated carbocycles. The summed E-state index contributed by atoms with van der Waals surface area (Å²) < 4.78 is 41.2. The van der Waals surface area contributed by atoms with Crippen molar-refractivity contribution < 1.29 is 17.9 Å². The van der Waals surface area contributed by atoms with Gasteiger partial charge in [0, 0.05) is 18.3 Å². The number of anilines is 1. The monoisotopic (exact) mass is 261 g/mol. The number of hydrogen-bond acceptors (Lipinski definition) is 2. The number of halogens is 3. The van der Waals surface area contributed by atoms with E-state index in [1.807, 2.05) is 0 Å². The third-order valence-electron chi connectivity index (χ3n) is 2.51. The molecular formula is C13H18F3NO. The molecule has 1 rings (SSSR count). The number of rotatable bonds is 8. The van der Waals surface area contributed by atoms with Crippen LogP contribution in [0.1, 0.15) is 32.6 Å². The summed E-state index contributed by atoms with van der Waals surface area (Å²) in [6, 6.07) is 3.90. The van der Waals surface area contributed by atoms with Crippen LogP contribution in [0.4, 0.5) is 18.9 Å². The lowest BCUT2D eigenvalue weighted by Gasteiger charge is -2.09. The molecule has 18 heavy (non-hydrogen) atoms. The van der Waals surface area contributed by atoms with Crippen molar-refractivity contribution in [2.45, 2.75) is 39.2 Å². The molecule has 0 radical (unpaired) electrons. The molecule has 0 atom stereocenters. The lowest BCUT2D eigenvalue weighted by atomic mass is 10.2. The van der Waals surface area contributed by atoms with Crippen LogP contribution in [0.3, 0.4) is 0 Å². The van der Waals surface area contributed by atoms with E-state index in [-0.39, 0.29) is 0 Å². The van der Waals surface area contributed by atoms with Crippen LogP contribution in [-0.2, 0) is 0 Å². The van der Waals surface area contributed by atoms with E-state index < -0.39 is 18.2 Å². The van der Waals surface area contributed by atoms with Crippen LogP contribution in [0.15, 0.2) is 18.2 Å². The third-order valence-corrected chi connectivity index (χ3v) is 2.51. The Morgan fingerprint density at radius 1 is 1.22 bits per heavy atom. The molecule has 0 spiro atoms. The van der Waals surface area contributed by atoms with Crippen molar-refractivity contribution in [3.8, 4) is 5.75 Å². The lowest BCUT2D eigenvalue weighted by Crippen LogP contribution is -2.05. The van der Waals surface area contributed by atoms with Gasteiger partial charge in [-0.05, 0) is 18.6 Å². The first-order chi connectivity index (χ1) is 8.63. The Hall–Kier alpha value is -1.39. The van der Waals surface area contributed by atoms with Crippen molar-refractivity contribution in [3.05, 3.63) is 24.0 Å². The van der Waals surface area contributed by atoms with Crippen molar-refractivity contribution >= 4 is 5.69 Å². The largest absolute Gasteiger partial charge is 0.432 e. The van der Waals surface area contributed by atoms with Gasteiger partial charge >= 0.3 is 6.61 Å². The SMILES string of the molecule is CCCCCCNc1ccc(OC(F)F)c(F)c1. The second-order valence-corrected chi connectivity index (χ2v) is 4.01. The molecule has 2 nitrogen and oxygen atoms in total. The number of benzene rings is 1. The Balaban J connectivity index is 2.41. The first kappa shape index (κ1) is 14.7. The van der Waals surface area contributed by atoms with Gasteiger partial charge in [0.05, 0.1) is 0 Å². The fraction of sp³-hybridized carbons (Fsp3) is 0.538. The molecule has 0 aliphatic rings. The normalized spacial score (nSPS) is 10.7. The standard InChI is InChI=1S/C13H18F3NO/c1-2-3-4-5-8-17-10-6-7-12(11(14)9-10)18-13(15)16/h6-7,9,13,17H,2-5,8H2,1H3. The predicted molar refractivity (Wildman–Crippen MR) is 65.7 cm³/mol. The quantitative estimate of drug-likeness (QED) is 0.699. The maximum Gasteiger partial charge on any atom is 0.387 e. The van der Waals surface area contributed by atoms with Gasteiger partial charge in [-0.3, -0.25) is 0 Å². The zero-order valence-corrected chi connectivity index (χ0v) is 10.4. The van der Waals surface area contributed by atoms with Crippen molar-refractivity contribution in [2.24, 2.45) is 0 Å². The minimum Gasteiger partial charge on any atom is -0.432 e. The zero-order chi connectivity index (χ0) is 13.4. The minimum atomic E-state index is -3.01. The fourth-order valence-electron chi connectivity index (χ4n) is 1.59. The van der Waals surface area contributed by atoms with Crippen LogP contribution in [0.2, 0.25) is 0 Å². The second kappa shape index (κ2) is 7.84. The molecule has 0 amide bonds. The number of hydrogen-bond donors (Lipinski definition) is 1. The summed E-state index contributed by atoms with van der Waals surface area (Å²) in [5.74, 6) is -1.21. The van der Waals surface area contributed by atoms with Crippen molar-refractivity contribution in [1.29, 1.82) is 0 Å². The molecular weight excluding hydrogens is 243 g/mol. The fourth-order valence-corrected chi connectivity index (χ4v) is 1.59. The van der Waals surface area contributed by atoms with Gasteiger partial charge in [-0.2, -0.15) is 8.78 Å². The van der Waals surface area contributed by atoms with Crippen molar-refractivity contribution in [3.63, 3.8) is 0 Å². The van der Waals surface area contributed by atoms with Crippen LogP contribution in [0, 0.1) is 5.82 Å². The summed E-state index contributed by atoms with van der Waals surface area (Å²) >= 11 is 0. The number of alkyl halides is 2. The Labute approximate surface area is 105 Å². The van der Waals surface area contributed by atoms with E-state index in [0.717, 1.165) is 31.9 Å². The molecule has 5 heteroatoms. The number of unbranched alkanes of at least 4 members (excludes halogenated alkanes) is 3. The molecule has 1 aromatic rings. The van der Waals surface area contributed by atoms with Crippen LogP contribution < -0.4 is 10.1 Å². The highest BCUT2D eigenvalue weighted by molar-refractivity contribution is 5.47. The predicted octanol–water partition coefficient (Wildman–Crippen LogP) is 4.42. The third kappa shape index (κ3) is 5.29. The highest BCUT2D eigenvalue weighted by atomic mass is 19.3. The van der Waals surface area contributed by atoms with Gasteiger partial charge in [0.25, 0.3) is 0 Å². The van der Waals surface area contributed by atoms with E-state index >= 15 is 0 Å². The molecule has 1 aromatic carbocycles. The molecule has 0 saturated heterocycles. The average molecular weight is 261 g/mol. The van der Waals surface area contributed by atoms with Crippen LogP contribution in [0.5, 0.6) is 5.75 Å². The summed E-state index contributed by atoms with van der Waals surface area (Å²) in [6.45, 7) is -0.133. The molecule has 0 bridgehead atoms. The molecule has 0 aliphatic heterocycles. The van der Waals surface area contributed by atoms with E-state index in [1.54, 1.807) is 0 Å². The summed E-state index contributed by atoms with van der Waals surface area (Å²) in [4.78, 5) is 0. The van der Waals surface area contributed by atoms with E-state index in [0.29, 0.717) is 5.69 Å². The lowest BCUT2D eigenvalue weighted by molar-refractivity contribution is -0.0521. The molecule has 102 valence electrons. The average Bonchev–Trinajstić information content (AvgIpc) is 2.32. The zero-order valence-electron chi connectivity index (χ0n) is 10.4. The molecule has 1 N–H and O–H groups in total. The molecule has 0 aromatic heterocycles. The van der Waals surface area contributed by atoms with Crippen LogP contribution in [-0.4, -0.2) is 13.2 Å². The highest BCUT2D eigenvalue weighted by Crippen LogP contribution is 2.22. The first-order valence-electron chi connectivity index (χ1n) is 6.11. The Morgan fingerprint density at radius 2 is 2.00 bits per heavy atom. The van der Waals surface area contributed by atoms with Gasteiger partial charge in [-0.25, -0.2) is 4.39 Å². The highest BCUT2D eigenvalue weighted by Gasteiger charge is 2.09. The van der Waals surface area contributed by atoms with E-state index in [1.165, 1.54) is 18.6 Å². The van der Waals surface area contributed by atoms with Crippen LogP contribution in [0.25, 0.3) is 0 Å². The first-order valence-corrected chi connectivity index (χ1v) is 6.11. The van der Waals surface area contributed by atoms with Gasteiger partial charge < -0.3 is 10.1 Å². The van der Waals surface area contributed by atoms with Crippen molar-refractivity contribution in [2.75, 3.05) is 11.9 Å². The number of ether oxygens (including phenoxy) is 1. The Bertz CT molecular complexity index is 358. The maximum absolute atomic E-state index is 13.3. The minimum absolute atomic E-state index is 0.429. The molecule has 0 fully saturated rings. The summed E-state index contributed by atoms with van der Waals surface area (Å²) in [6.07, 6.45) is 4.47. The van der Waals surface area contributed by atoms with Gasteiger partial charge in [-0.1, -0.05) is 26.2 Å². The molecule has 0 heterocycles. The summed E-state index contributed by atoms with van der Waals surface area (Å²) in [7, 11) is 0. The molecule has 0 unspecified atom stereocenters. The van der Waals surface area contributed by atoms with Gasteiger partial charge in [-0.15, -0.1) is 0 Å². The van der Waals surface area contributed by atoms with Crippen LogP contribution >= 0.6 is 0 Å². The van der Waals surface area contributed by atoms with E-state index in [4.69, 9.17) is 0 Å². The smallest absolute Gasteiger partial charge is 0.387 e. The number of nitrogens with one attached hydrogen (secondary N) is 1. The van der Waals surface area contributed by atoms with Gasteiger partial charge in [0.2, 0.25) is 0 Å².